The van der Waals surface area contributed by atoms with Crippen LogP contribution in [-0.4, -0.2) is 9.55 Å². The van der Waals surface area contributed by atoms with E-state index in [2.05, 4.69) is 15.6 Å². The van der Waals surface area contributed by atoms with Crippen LogP contribution >= 0.6 is 23.2 Å². The summed E-state index contributed by atoms with van der Waals surface area (Å²) in [7, 11) is 0. The predicted molar refractivity (Wildman–Crippen MR) is 75.3 cm³/mol. The summed E-state index contributed by atoms with van der Waals surface area (Å²) in [5.74, 6) is 0. The van der Waals surface area contributed by atoms with Gasteiger partial charge in [0, 0.05) is 35.7 Å². The summed E-state index contributed by atoms with van der Waals surface area (Å²) >= 11 is 12.2. The third-order valence-electron chi connectivity index (χ3n) is 2.93. The van der Waals surface area contributed by atoms with E-state index in [1.54, 1.807) is 12.4 Å². The normalized spacial score (nSPS) is 11.0. The van der Waals surface area contributed by atoms with Gasteiger partial charge in [0.05, 0.1) is 5.02 Å². The van der Waals surface area contributed by atoms with E-state index in [0.717, 1.165) is 16.1 Å². The summed E-state index contributed by atoms with van der Waals surface area (Å²) in [6.07, 6.45) is 5.45. The Kier molecular flexibility index (Phi) is 2.98. The molecule has 0 aliphatic rings. The molecular weight excluding hydrogens is 267 g/mol. The molecule has 0 radical (unpaired) electrons. The van der Waals surface area contributed by atoms with Crippen molar-refractivity contribution in [3.63, 3.8) is 0 Å². The first kappa shape index (κ1) is 11.6. The summed E-state index contributed by atoms with van der Waals surface area (Å²) in [5.41, 5.74) is 2.15. The average molecular weight is 277 g/mol. The summed E-state index contributed by atoms with van der Waals surface area (Å²) in [4.78, 5) is 3.99. The molecule has 0 N–H and O–H groups in total. The van der Waals surface area contributed by atoms with Crippen molar-refractivity contribution in [3.05, 3.63) is 64.5 Å². The molecule has 2 nitrogen and oxygen atoms in total. The van der Waals surface area contributed by atoms with Crippen molar-refractivity contribution in [1.29, 1.82) is 0 Å². The second-order valence-corrected chi connectivity index (χ2v) is 4.96. The smallest absolute Gasteiger partial charge is 0.0639 e. The maximum atomic E-state index is 6.12. The zero-order valence-electron chi connectivity index (χ0n) is 9.48. The molecule has 2 heterocycles. The zero-order valence-corrected chi connectivity index (χ0v) is 11.0. The van der Waals surface area contributed by atoms with E-state index in [0.29, 0.717) is 11.6 Å². The van der Waals surface area contributed by atoms with Gasteiger partial charge in [0.25, 0.3) is 0 Å². The third kappa shape index (κ3) is 2.09. The summed E-state index contributed by atoms with van der Waals surface area (Å²) in [6.45, 7) is 0.713. The van der Waals surface area contributed by atoms with Crippen molar-refractivity contribution in [1.82, 2.24) is 9.55 Å². The molecule has 0 bridgehead atoms. The average Bonchev–Trinajstić information content (AvgIpc) is 2.75. The van der Waals surface area contributed by atoms with E-state index in [1.807, 2.05) is 30.5 Å². The van der Waals surface area contributed by atoms with Gasteiger partial charge in [-0.05, 0) is 35.2 Å². The SMILES string of the molecule is Clc1ccc2ccn(Cc3ccncc3Cl)c2c1. The number of nitrogens with zero attached hydrogens (tertiary/aromatic N) is 2. The van der Waals surface area contributed by atoms with Crippen LogP contribution in [0.1, 0.15) is 5.56 Å². The van der Waals surface area contributed by atoms with Crippen LogP contribution in [0, 0.1) is 0 Å². The lowest BCUT2D eigenvalue weighted by molar-refractivity contribution is 0.835. The number of pyridine rings is 1. The number of hydrogen-bond acceptors (Lipinski definition) is 1. The van der Waals surface area contributed by atoms with E-state index in [-0.39, 0.29) is 0 Å². The van der Waals surface area contributed by atoms with E-state index in [1.165, 1.54) is 5.39 Å². The highest BCUT2D eigenvalue weighted by molar-refractivity contribution is 6.31. The number of hydrogen-bond donors (Lipinski definition) is 0. The molecule has 0 saturated carbocycles. The van der Waals surface area contributed by atoms with Crippen LogP contribution in [-0.2, 0) is 6.54 Å². The Morgan fingerprint density at radius 3 is 2.83 bits per heavy atom. The van der Waals surface area contributed by atoms with Gasteiger partial charge in [-0.3, -0.25) is 4.98 Å². The first-order chi connectivity index (χ1) is 8.74. The molecule has 0 aliphatic heterocycles. The Morgan fingerprint density at radius 2 is 2.00 bits per heavy atom. The van der Waals surface area contributed by atoms with Crippen LogP contribution in [0.2, 0.25) is 10.0 Å². The minimum Gasteiger partial charge on any atom is -0.343 e. The van der Waals surface area contributed by atoms with Crippen LogP contribution in [0.3, 0.4) is 0 Å². The number of aromatic nitrogens is 2. The van der Waals surface area contributed by atoms with Gasteiger partial charge in [-0.1, -0.05) is 29.3 Å². The largest absolute Gasteiger partial charge is 0.343 e. The van der Waals surface area contributed by atoms with Crippen LogP contribution in [0.5, 0.6) is 0 Å². The molecule has 18 heavy (non-hydrogen) atoms. The van der Waals surface area contributed by atoms with Gasteiger partial charge in [0.15, 0.2) is 0 Å². The summed E-state index contributed by atoms with van der Waals surface area (Å²) in [6, 6.07) is 9.88. The second kappa shape index (κ2) is 4.63. The highest BCUT2D eigenvalue weighted by Gasteiger charge is 2.05. The van der Waals surface area contributed by atoms with Gasteiger partial charge < -0.3 is 4.57 Å². The van der Waals surface area contributed by atoms with Crippen LogP contribution in [0.4, 0.5) is 0 Å². The van der Waals surface area contributed by atoms with E-state index in [4.69, 9.17) is 23.2 Å². The number of halogens is 2. The maximum Gasteiger partial charge on any atom is 0.0639 e. The van der Waals surface area contributed by atoms with Crippen molar-refractivity contribution in [3.8, 4) is 0 Å². The van der Waals surface area contributed by atoms with Crippen molar-refractivity contribution in [2.75, 3.05) is 0 Å². The minimum absolute atomic E-state index is 0.682. The fourth-order valence-electron chi connectivity index (χ4n) is 2.01. The Bertz CT molecular complexity index is 704. The molecule has 0 fully saturated rings. The summed E-state index contributed by atoms with van der Waals surface area (Å²) in [5, 5.41) is 2.59. The molecule has 0 aliphatic carbocycles. The lowest BCUT2D eigenvalue weighted by Crippen LogP contribution is -1.98. The fraction of sp³-hybridized carbons (Fsp3) is 0.0714. The van der Waals surface area contributed by atoms with E-state index >= 15 is 0 Å². The van der Waals surface area contributed by atoms with Gasteiger partial charge in [0.1, 0.15) is 0 Å². The van der Waals surface area contributed by atoms with Crippen molar-refractivity contribution in [2.24, 2.45) is 0 Å². The van der Waals surface area contributed by atoms with Crippen molar-refractivity contribution in [2.45, 2.75) is 6.54 Å². The molecule has 4 heteroatoms. The molecular formula is C14H10Cl2N2. The highest BCUT2D eigenvalue weighted by Crippen LogP contribution is 2.23. The van der Waals surface area contributed by atoms with E-state index in [9.17, 15) is 0 Å². The van der Waals surface area contributed by atoms with Gasteiger partial charge >= 0.3 is 0 Å². The van der Waals surface area contributed by atoms with Gasteiger partial charge in [-0.2, -0.15) is 0 Å². The zero-order chi connectivity index (χ0) is 12.5. The van der Waals surface area contributed by atoms with Crippen molar-refractivity contribution < 1.29 is 0 Å². The Morgan fingerprint density at radius 1 is 1.11 bits per heavy atom. The Hall–Kier alpha value is -1.51. The molecule has 90 valence electrons. The molecule has 2 aromatic heterocycles. The molecule has 3 rings (SSSR count). The third-order valence-corrected chi connectivity index (χ3v) is 3.51. The Balaban J connectivity index is 2.05. The lowest BCUT2D eigenvalue weighted by atomic mass is 10.2. The molecule has 0 spiro atoms. The molecule has 1 aromatic carbocycles. The molecule has 3 aromatic rings. The van der Waals surface area contributed by atoms with Crippen LogP contribution in [0.15, 0.2) is 48.9 Å². The number of rotatable bonds is 2. The second-order valence-electron chi connectivity index (χ2n) is 4.11. The predicted octanol–water partition coefficient (Wildman–Crippen LogP) is 4.39. The summed E-state index contributed by atoms with van der Waals surface area (Å²) < 4.78 is 2.13. The fourth-order valence-corrected chi connectivity index (χ4v) is 2.36. The first-order valence-corrected chi connectivity index (χ1v) is 6.32. The minimum atomic E-state index is 0.682. The number of fused-ring (bicyclic) bond motifs is 1. The van der Waals surface area contributed by atoms with Crippen LogP contribution < -0.4 is 0 Å². The lowest BCUT2D eigenvalue weighted by Gasteiger charge is -2.07. The van der Waals surface area contributed by atoms with Gasteiger partial charge in [-0.15, -0.1) is 0 Å². The highest BCUT2D eigenvalue weighted by atomic mass is 35.5. The van der Waals surface area contributed by atoms with Gasteiger partial charge in [-0.25, -0.2) is 0 Å². The maximum absolute atomic E-state index is 6.12. The number of benzene rings is 1. The monoisotopic (exact) mass is 276 g/mol. The topological polar surface area (TPSA) is 17.8 Å². The van der Waals surface area contributed by atoms with E-state index < -0.39 is 0 Å². The quantitative estimate of drug-likeness (QED) is 0.679. The standard InChI is InChI=1S/C14H10Cl2N2/c15-12-2-1-10-4-6-18(14(10)7-12)9-11-3-5-17-8-13(11)16/h1-8H,9H2. The molecule has 0 saturated heterocycles. The van der Waals surface area contributed by atoms with Crippen molar-refractivity contribution >= 4 is 34.1 Å². The molecule has 0 atom stereocenters. The first-order valence-electron chi connectivity index (χ1n) is 5.57. The molecule has 0 unspecified atom stereocenters. The van der Waals surface area contributed by atoms with Crippen LogP contribution in [0.25, 0.3) is 10.9 Å². The van der Waals surface area contributed by atoms with Gasteiger partial charge in [0.2, 0.25) is 0 Å². The molecule has 0 amide bonds. The Labute approximate surface area is 115 Å².